The Labute approximate surface area is 156 Å². The van der Waals surface area contributed by atoms with Gasteiger partial charge in [0.1, 0.15) is 6.04 Å². The molecule has 1 N–H and O–H groups in total. The highest BCUT2D eigenvalue weighted by Crippen LogP contribution is 2.41. The second-order valence-corrected chi connectivity index (χ2v) is 7.18. The molecule has 1 aliphatic rings. The Balaban J connectivity index is 1.97. The molecule has 5 nitrogen and oxygen atoms in total. The third-order valence-electron chi connectivity index (χ3n) is 4.52. The molecule has 134 valence electrons. The molecule has 1 unspecified atom stereocenters. The number of aromatic nitrogens is 2. The van der Waals surface area contributed by atoms with Gasteiger partial charge in [-0.1, -0.05) is 31.5 Å². The molecule has 2 aromatic heterocycles. The number of fused-ring (bicyclic) bond motifs is 3. The summed E-state index contributed by atoms with van der Waals surface area (Å²) in [6, 6.07) is 11.9. The van der Waals surface area contributed by atoms with Gasteiger partial charge in [-0.05, 0) is 36.9 Å². The smallest absolute Gasteiger partial charge is 0.338 e. The quantitative estimate of drug-likeness (QED) is 0.662. The average molecular weight is 367 g/mol. The van der Waals surface area contributed by atoms with Crippen LogP contribution in [0.5, 0.6) is 0 Å². The van der Waals surface area contributed by atoms with Gasteiger partial charge in [0.2, 0.25) is 5.95 Å². The van der Waals surface area contributed by atoms with Gasteiger partial charge in [0, 0.05) is 10.6 Å². The highest BCUT2D eigenvalue weighted by Gasteiger charge is 2.36. The molecule has 0 bridgehead atoms. The summed E-state index contributed by atoms with van der Waals surface area (Å²) in [4.78, 5) is 18.8. The maximum Gasteiger partial charge on any atom is 0.338 e. The molecule has 0 spiro atoms. The molecule has 3 heterocycles. The van der Waals surface area contributed by atoms with E-state index in [2.05, 4.69) is 22.9 Å². The number of nitrogens with zero attached hydrogens (tertiary/aromatic N) is 2. The molecule has 1 aromatic carbocycles. The monoisotopic (exact) mass is 367 g/mol. The minimum atomic E-state index is -0.259. The van der Waals surface area contributed by atoms with Crippen molar-refractivity contribution in [2.75, 3.05) is 11.9 Å². The third kappa shape index (κ3) is 2.70. The number of carbonyl (C=O) groups excluding carboxylic acids is 1. The van der Waals surface area contributed by atoms with Crippen LogP contribution in [0.25, 0.3) is 11.0 Å². The summed E-state index contributed by atoms with van der Waals surface area (Å²) >= 11 is 1.65. The lowest BCUT2D eigenvalue weighted by Crippen LogP contribution is -2.29. The SMILES string of the molecule is CCCC1=C(C(=O)OCC)C(c2cccs2)n2c(nc3ccccc32)N1. The first-order chi connectivity index (χ1) is 12.7. The Kier molecular flexibility index (Phi) is 4.51. The predicted octanol–water partition coefficient (Wildman–Crippen LogP) is 4.73. The van der Waals surface area contributed by atoms with Gasteiger partial charge in [0.15, 0.2) is 0 Å². The first-order valence-electron chi connectivity index (χ1n) is 8.92. The van der Waals surface area contributed by atoms with Crippen LogP contribution < -0.4 is 5.32 Å². The molecular weight excluding hydrogens is 346 g/mol. The minimum absolute atomic E-state index is 0.223. The molecule has 0 saturated carbocycles. The number of allylic oxidation sites excluding steroid dienone is 1. The number of carbonyl (C=O) groups is 1. The van der Waals surface area contributed by atoms with Crippen molar-refractivity contribution in [1.82, 2.24) is 9.55 Å². The molecule has 6 heteroatoms. The Hall–Kier alpha value is -2.60. The summed E-state index contributed by atoms with van der Waals surface area (Å²) in [5.74, 6) is 0.520. The van der Waals surface area contributed by atoms with E-state index in [1.807, 2.05) is 42.6 Å². The first kappa shape index (κ1) is 16.8. The summed E-state index contributed by atoms with van der Waals surface area (Å²) in [6.45, 7) is 4.30. The van der Waals surface area contributed by atoms with Gasteiger partial charge < -0.3 is 10.1 Å². The molecule has 0 amide bonds. The Morgan fingerprint density at radius 2 is 2.12 bits per heavy atom. The van der Waals surface area contributed by atoms with E-state index in [9.17, 15) is 4.79 Å². The number of thiophene rings is 1. The Bertz CT molecular complexity index is 972. The first-order valence-corrected chi connectivity index (χ1v) is 9.80. The fourth-order valence-corrected chi connectivity index (χ4v) is 4.32. The zero-order valence-electron chi connectivity index (χ0n) is 14.9. The molecule has 3 aromatic rings. The van der Waals surface area contributed by atoms with Gasteiger partial charge >= 0.3 is 5.97 Å². The Morgan fingerprint density at radius 1 is 1.27 bits per heavy atom. The van der Waals surface area contributed by atoms with Crippen molar-refractivity contribution in [3.05, 3.63) is 57.9 Å². The lowest BCUT2D eigenvalue weighted by Gasteiger charge is -2.30. The number of rotatable bonds is 5. The van der Waals surface area contributed by atoms with Crippen LogP contribution >= 0.6 is 11.3 Å². The number of ether oxygens (including phenoxy) is 1. The number of esters is 1. The lowest BCUT2D eigenvalue weighted by molar-refractivity contribution is -0.139. The van der Waals surface area contributed by atoms with Gasteiger partial charge in [-0.3, -0.25) is 4.57 Å². The van der Waals surface area contributed by atoms with E-state index < -0.39 is 0 Å². The number of benzene rings is 1. The van der Waals surface area contributed by atoms with Crippen molar-refractivity contribution in [3.8, 4) is 0 Å². The number of anilines is 1. The second-order valence-electron chi connectivity index (χ2n) is 6.20. The van der Waals surface area contributed by atoms with E-state index in [1.165, 1.54) is 0 Å². The normalized spacial score (nSPS) is 16.5. The van der Waals surface area contributed by atoms with E-state index in [4.69, 9.17) is 9.72 Å². The van der Waals surface area contributed by atoms with Crippen LogP contribution in [0.2, 0.25) is 0 Å². The third-order valence-corrected chi connectivity index (χ3v) is 5.45. The van der Waals surface area contributed by atoms with Crippen LogP contribution in [0.1, 0.15) is 37.6 Å². The number of hydrogen-bond donors (Lipinski definition) is 1. The van der Waals surface area contributed by atoms with Crippen molar-refractivity contribution in [1.29, 1.82) is 0 Å². The summed E-state index contributed by atoms with van der Waals surface area (Å²) in [7, 11) is 0. The maximum absolute atomic E-state index is 12.9. The van der Waals surface area contributed by atoms with Crippen molar-refractivity contribution in [2.24, 2.45) is 0 Å². The Morgan fingerprint density at radius 3 is 2.85 bits per heavy atom. The van der Waals surface area contributed by atoms with Gasteiger partial charge in [-0.25, -0.2) is 9.78 Å². The molecule has 0 radical (unpaired) electrons. The van der Waals surface area contributed by atoms with E-state index in [0.717, 1.165) is 40.4 Å². The van der Waals surface area contributed by atoms with Crippen molar-refractivity contribution >= 4 is 34.3 Å². The maximum atomic E-state index is 12.9. The lowest BCUT2D eigenvalue weighted by atomic mass is 9.98. The highest BCUT2D eigenvalue weighted by molar-refractivity contribution is 7.10. The van der Waals surface area contributed by atoms with Gasteiger partial charge in [-0.15, -0.1) is 11.3 Å². The molecule has 0 fully saturated rings. The van der Waals surface area contributed by atoms with Gasteiger partial charge in [0.05, 0.1) is 23.2 Å². The molecule has 0 aliphatic carbocycles. The summed E-state index contributed by atoms with van der Waals surface area (Å²) in [5, 5.41) is 5.44. The zero-order valence-corrected chi connectivity index (χ0v) is 15.7. The van der Waals surface area contributed by atoms with E-state index in [1.54, 1.807) is 11.3 Å². The summed E-state index contributed by atoms with van der Waals surface area (Å²) in [6.07, 6.45) is 1.71. The van der Waals surface area contributed by atoms with Crippen LogP contribution in [-0.4, -0.2) is 22.1 Å². The van der Waals surface area contributed by atoms with Crippen LogP contribution in [0, 0.1) is 0 Å². The fourth-order valence-electron chi connectivity index (χ4n) is 3.50. The number of para-hydroxylation sites is 2. The number of imidazole rings is 1. The fraction of sp³-hybridized carbons (Fsp3) is 0.300. The van der Waals surface area contributed by atoms with E-state index in [0.29, 0.717) is 12.2 Å². The standard InChI is InChI=1S/C20H21N3O2S/c1-3-8-14-17(19(24)25-4-2)18(16-11-7-12-26-16)23-15-10-6-5-9-13(15)21-20(23)22-14/h5-7,9-12,18H,3-4,8H2,1-2H3,(H,21,22). The van der Waals surface area contributed by atoms with Crippen molar-refractivity contribution in [3.63, 3.8) is 0 Å². The molecule has 1 aliphatic heterocycles. The molecule has 1 atom stereocenters. The molecule has 26 heavy (non-hydrogen) atoms. The van der Waals surface area contributed by atoms with Crippen molar-refractivity contribution < 1.29 is 9.53 Å². The second kappa shape index (κ2) is 6.96. The van der Waals surface area contributed by atoms with Gasteiger partial charge in [-0.2, -0.15) is 0 Å². The largest absolute Gasteiger partial charge is 0.463 e. The number of hydrogen-bond acceptors (Lipinski definition) is 5. The highest BCUT2D eigenvalue weighted by atomic mass is 32.1. The van der Waals surface area contributed by atoms with Crippen LogP contribution in [0.3, 0.4) is 0 Å². The van der Waals surface area contributed by atoms with E-state index >= 15 is 0 Å². The van der Waals surface area contributed by atoms with Crippen molar-refractivity contribution in [2.45, 2.75) is 32.7 Å². The molecular formula is C20H21N3O2S. The molecule has 4 rings (SSSR count). The topological polar surface area (TPSA) is 56.2 Å². The predicted molar refractivity (Wildman–Crippen MR) is 104 cm³/mol. The van der Waals surface area contributed by atoms with Crippen LogP contribution in [0.15, 0.2) is 53.0 Å². The minimum Gasteiger partial charge on any atom is -0.463 e. The van der Waals surface area contributed by atoms with Gasteiger partial charge in [0.25, 0.3) is 0 Å². The summed E-state index contributed by atoms with van der Waals surface area (Å²) in [5.41, 5.74) is 3.52. The number of nitrogens with one attached hydrogen (secondary N) is 1. The van der Waals surface area contributed by atoms with Crippen LogP contribution in [0.4, 0.5) is 5.95 Å². The van der Waals surface area contributed by atoms with Crippen LogP contribution in [-0.2, 0) is 9.53 Å². The average Bonchev–Trinajstić information content (AvgIpc) is 3.28. The zero-order chi connectivity index (χ0) is 18.1. The molecule has 0 saturated heterocycles. The summed E-state index contributed by atoms with van der Waals surface area (Å²) < 4.78 is 7.54. The van der Waals surface area contributed by atoms with E-state index in [-0.39, 0.29) is 12.0 Å².